The SMILES string of the molecule is CCNC1CCN(C(C)C2CCC2)CC1. The summed E-state index contributed by atoms with van der Waals surface area (Å²) in [4.78, 5) is 2.72. The summed E-state index contributed by atoms with van der Waals surface area (Å²) in [7, 11) is 0. The van der Waals surface area contributed by atoms with Crippen LogP contribution >= 0.6 is 0 Å². The summed E-state index contributed by atoms with van der Waals surface area (Å²) < 4.78 is 0. The first-order chi connectivity index (χ1) is 7.31. The van der Waals surface area contributed by atoms with Gasteiger partial charge in [0.25, 0.3) is 0 Å². The molecule has 0 aromatic carbocycles. The normalized spacial score (nSPS) is 27.6. The summed E-state index contributed by atoms with van der Waals surface area (Å²) in [6.07, 6.45) is 7.14. The van der Waals surface area contributed by atoms with E-state index in [4.69, 9.17) is 0 Å². The highest BCUT2D eigenvalue weighted by atomic mass is 15.2. The summed E-state index contributed by atoms with van der Waals surface area (Å²) in [5.41, 5.74) is 0. The smallest absolute Gasteiger partial charge is 0.00952 e. The van der Waals surface area contributed by atoms with E-state index in [1.807, 2.05) is 0 Å². The number of hydrogen-bond acceptors (Lipinski definition) is 2. The van der Waals surface area contributed by atoms with E-state index in [0.717, 1.165) is 24.5 Å². The Morgan fingerprint density at radius 1 is 1.20 bits per heavy atom. The van der Waals surface area contributed by atoms with Gasteiger partial charge in [-0.3, -0.25) is 0 Å². The Balaban J connectivity index is 1.72. The molecule has 1 aliphatic carbocycles. The van der Waals surface area contributed by atoms with Gasteiger partial charge < -0.3 is 10.2 Å². The predicted molar refractivity (Wildman–Crippen MR) is 65.1 cm³/mol. The van der Waals surface area contributed by atoms with Gasteiger partial charge in [0, 0.05) is 12.1 Å². The Kier molecular flexibility index (Phi) is 4.04. The third-order valence-electron chi connectivity index (χ3n) is 4.43. The molecule has 0 bridgehead atoms. The van der Waals surface area contributed by atoms with E-state index in [9.17, 15) is 0 Å². The van der Waals surface area contributed by atoms with Crippen molar-refractivity contribution < 1.29 is 0 Å². The molecule has 1 aliphatic heterocycles. The Labute approximate surface area is 94.4 Å². The van der Waals surface area contributed by atoms with Crippen LogP contribution in [-0.4, -0.2) is 36.6 Å². The van der Waals surface area contributed by atoms with Crippen LogP contribution in [0, 0.1) is 5.92 Å². The Morgan fingerprint density at radius 3 is 2.33 bits per heavy atom. The third-order valence-corrected chi connectivity index (χ3v) is 4.43. The van der Waals surface area contributed by atoms with Crippen LogP contribution in [0.15, 0.2) is 0 Å². The van der Waals surface area contributed by atoms with Gasteiger partial charge in [0.1, 0.15) is 0 Å². The monoisotopic (exact) mass is 210 g/mol. The largest absolute Gasteiger partial charge is 0.314 e. The van der Waals surface area contributed by atoms with Crippen molar-refractivity contribution in [3.63, 3.8) is 0 Å². The van der Waals surface area contributed by atoms with Crippen molar-refractivity contribution in [2.24, 2.45) is 5.92 Å². The molecule has 1 unspecified atom stereocenters. The Morgan fingerprint density at radius 2 is 1.87 bits per heavy atom. The number of piperidine rings is 1. The molecule has 2 rings (SSSR count). The van der Waals surface area contributed by atoms with Crippen molar-refractivity contribution in [2.45, 2.75) is 58.0 Å². The van der Waals surface area contributed by atoms with Crippen LogP contribution < -0.4 is 5.32 Å². The van der Waals surface area contributed by atoms with Crippen molar-refractivity contribution in [3.8, 4) is 0 Å². The Hall–Kier alpha value is -0.0800. The summed E-state index contributed by atoms with van der Waals surface area (Å²) in [6.45, 7) is 8.41. The molecular weight excluding hydrogens is 184 g/mol. The molecule has 1 saturated carbocycles. The summed E-state index contributed by atoms with van der Waals surface area (Å²) >= 11 is 0. The van der Waals surface area contributed by atoms with Crippen molar-refractivity contribution in [2.75, 3.05) is 19.6 Å². The van der Waals surface area contributed by atoms with Crippen molar-refractivity contribution in [1.82, 2.24) is 10.2 Å². The zero-order valence-corrected chi connectivity index (χ0v) is 10.3. The standard InChI is InChI=1S/C13H26N2/c1-3-14-13-7-9-15(10-8-13)11(2)12-5-4-6-12/h11-14H,3-10H2,1-2H3. The Bertz CT molecular complexity index is 181. The van der Waals surface area contributed by atoms with Crippen LogP contribution in [0.25, 0.3) is 0 Å². The molecule has 2 nitrogen and oxygen atoms in total. The van der Waals surface area contributed by atoms with Crippen LogP contribution in [0.1, 0.15) is 46.0 Å². The highest BCUT2D eigenvalue weighted by Gasteiger charge is 2.30. The van der Waals surface area contributed by atoms with E-state index in [0.29, 0.717) is 0 Å². The average molecular weight is 210 g/mol. The van der Waals surface area contributed by atoms with Gasteiger partial charge >= 0.3 is 0 Å². The van der Waals surface area contributed by atoms with Crippen LogP contribution in [0.2, 0.25) is 0 Å². The van der Waals surface area contributed by atoms with E-state index < -0.39 is 0 Å². The summed E-state index contributed by atoms with van der Waals surface area (Å²) in [5.74, 6) is 1.01. The molecule has 1 N–H and O–H groups in total. The van der Waals surface area contributed by atoms with Crippen molar-refractivity contribution in [1.29, 1.82) is 0 Å². The maximum Gasteiger partial charge on any atom is 0.00952 e. The number of likely N-dealkylation sites (tertiary alicyclic amines) is 1. The lowest BCUT2D eigenvalue weighted by Gasteiger charge is -2.42. The summed E-state index contributed by atoms with van der Waals surface area (Å²) in [5, 5.41) is 3.57. The molecule has 0 aromatic rings. The highest BCUT2D eigenvalue weighted by Crippen LogP contribution is 2.32. The van der Waals surface area contributed by atoms with Gasteiger partial charge in [0.2, 0.25) is 0 Å². The highest BCUT2D eigenvalue weighted by molar-refractivity contribution is 4.85. The molecule has 88 valence electrons. The molecule has 0 radical (unpaired) electrons. The molecule has 2 fully saturated rings. The minimum atomic E-state index is 0.792. The molecule has 0 amide bonds. The topological polar surface area (TPSA) is 15.3 Å². The second-order valence-electron chi connectivity index (χ2n) is 5.30. The first-order valence-electron chi connectivity index (χ1n) is 6.78. The molecule has 1 heterocycles. The van der Waals surface area contributed by atoms with Gasteiger partial charge in [-0.15, -0.1) is 0 Å². The molecule has 1 saturated heterocycles. The second-order valence-corrected chi connectivity index (χ2v) is 5.30. The maximum absolute atomic E-state index is 3.57. The van der Waals surface area contributed by atoms with Crippen LogP contribution in [-0.2, 0) is 0 Å². The number of nitrogens with zero attached hydrogens (tertiary/aromatic N) is 1. The van der Waals surface area contributed by atoms with E-state index in [1.165, 1.54) is 45.2 Å². The lowest BCUT2D eigenvalue weighted by molar-refractivity contribution is 0.0806. The van der Waals surface area contributed by atoms with Crippen molar-refractivity contribution >= 4 is 0 Å². The molecular formula is C13H26N2. The van der Waals surface area contributed by atoms with Gasteiger partial charge in [-0.2, -0.15) is 0 Å². The second kappa shape index (κ2) is 5.31. The lowest BCUT2D eigenvalue weighted by atomic mass is 9.79. The fourth-order valence-corrected chi connectivity index (χ4v) is 3.02. The number of rotatable bonds is 4. The minimum absolute atomic E-state index is 0.792. The maximum atomic E-state index is 3.57. The molecule has 1 atom stereocenters. The lowest BCUT2D eigenvalue weighted by Crippen LogP contribution is -2.49. The van der Waals surface area contributed by atoms with E-state index in [2.05, 4.69) is 24.1 Å². The third kappa shape index (κ3) is 2.73. The molecule has 2 aliphatic rings. The predicted octanol–water partition coefficient (Wildman–Crippen LogP) is 2.25. The first kappa shape index (κ1) is 11.4. The van der Waals surface area contributed by atoms with Gasteiger partial charge in [-0.1, -0.05) is 13.3 Å². The van der Waals surface area contributed by atoms with E-state index >= 15 is 0 Å². The van der Waals surface area contributed by atoms with Gasteiger partial charge in [-0.25, -0.2) is 0 Å². The van der Waals surface area contributed by atoms with E-state index in [-0.39, 0.29) is 0 Å². The van der Waals surface area contributed by atoms with Gasteiger partial charge in [0.15, 0.2) is 0 Å². The van der Waals surface area contributed by atoms with Gasteiger partial charge in [0.05, 0.1) is 0 Å². The molecule has 0 spiro atoms. The fraction of sp³-hybridized carbons (Fsp3) is 1.00. The summed E-state index contributed by atoms with van der Waals surface area (Å²) in [6, 6.07) is 1.64. The molecule has 15 heavy (non-hydrogen) atoms. The fourth-order valence-electron chi connectivity index (χ4n) is 3.02. The van der Waals surface area contributed by atoms with Crippen LogP contribution in [0.4, 0.5) is 0 Å². The zero-order valence-electron chi connectivity index (χ0n) is 10.3. The molecule has 0 aromatic heterocycles. The minimum Gasteiger partial charge on any atom is -0.314 e. The van der Waals surface area contributed by atoms with Gasteiger partial charge in [-0.05, 0) is 58.2 Å². The van der Waals surface area contributed by atoms with Crippen molar-refractivity contribution in [3.05, 3.63) is 0 Å². The molecule has 2 heteroatoms. The number of nitrogens with one attached hydrogen (secondary N) is 1. The van der Waals surface area contributed by atoms with E-state index in [1.54, 1.807) is 0 Å². The average Bonchev–Trinajstić information content (AvgIpc) is 2.16. The number of hydrogen-bond donors (Lipinski definition) is 1. The zero-order chi connectivity index (χ0) is 10.7. The van der Waals surface area contributed by atoms with Crippen LogP contribution in [0.3, 0.4) is 0 Å². The van der Waals surface area contributed by atoms with Crippen LogP contribution in [0.5, 0.6) is 0 Å². The first-order valence-corrected chi connectivity index (χ1v) is 6.78. The quantitative estimate of drug-likeness (QED) is 0.765.